The van der Waals surface area contributed by atoms with Crippen molar-refractivity contribution in [1.82, 2.24) is 18.7 Å². The quantitative estimate of drug-likeness (QED) is 0.483. The van der Waals surface area contributed by atoms with E-state index in [2.05, 4.69) is 11.8 Å². The minimum atomic E-state index is -0.368. The summed E-state index contributed by atoms with van der Waals surface area (Å²) in [4.78, 5) is 33.6. The molecule has 2 aromatic heterocycles. The molecule has 0 saturated carbocycles. The summed E-state index contributed by atoms with van der Waals surface area (Å²) in [5.41, 5.74) is 3.20. The molecule has 1 aliphatic rings. The van der Waals surface area contributed by atoms with E-state index in [1.165, 1.54) is 9.13 Å². The first-order valence-electron chi connectivity index (χ1n) is 11.0. The topological polar surface area (TPSA) is 74.3 Å². The average molecular weight is 446 g/mol. The molecular formula is C25H27N5O3. The summed E-state index contributed by atoms with van der Waals surface area (Å²) in [6.07, 6.45) is 0. The van der Waals surface area contributed by atoms with E-state index in [9.17, 15) is 9.59 Å². The normalized spacial score (nSPS) is 15.6. The lowest BCUT2D eigenvalue weighted by molar-refractivity contribution is 0.414. The van der Waals surface area contributed by atoms with Crippen LogP contribution in [0.1, 0.15) is 18.1 Å². The lowest BCUT2D eigenvalue weighted by Crippen LogP contribution is -2.40. The highest BCUT2D eigenvalue weighted by atomic mass is 16.5. The predicted octanol–water partition coefficient (Wildman–Crippen LogP) is 3.05. The van der Waals surface area contributed by atoms with Gasteiger partial charge >= 0.3 is 5.69 Å². The SMILES string of the molecule is COc1ccc(N2CC(C)Cn3c2nc2c3c(=O)n(Cc3ccc(C)cc3)c(=O)n2C)cc1. The largest absolute Gasteiger partial charge is 0.497 e. The molecule has 0 saturated heterocycles. The van der Waals surface area contributed by atoms with Crippen molar-refractivity contribution in [2.75, 3.05) is 18.6 Å². The molecule has 0 fully saturated rings. The zero-order chi connectivity index (χ0) is 23.3. The first-order chi connectivity index (χ1) is 15.9. The van der Waals surface area contributed by atoms with Gasteiger partial charge < -0.3 is 14.2 Å². The molecule has 170 valence electrons. The van der Waals surface area contributed by atoms with E-state index in [0.717, 1.165) is 29.1 Å². The van der Waals surface area contributed by atoms with Crippen LogP contribution in [0.4, 0.5) is 11.6 Å². The molecule has 8 heteroatoms. The molecule has 3 heterocycles. The zero-order valence-electron chi connectivity index (χ0n) is 19.3. The van der Waals surface area contributed by atoms with E-state index in [1.54, 1.807) is 14.2 Å². The van der Waals surface area contributed by atoms with E-state index >= 15 is 0 Å². The van der Waals surface area contributed by atoms with E-state index in [-0.39, 0.29) is 17.8 Å². The Kier molecular flexibility index (Phi) is 5.08. The van der Waals surface area contributed by atoms with Crippen LogP contribution in [-0.2, 0) is 20.1 Å². The van der Waals surface area contributed by atoms with E-state index < -0.39 is 0 Å². The molecule has 0 amide bonds. The Bertz CT molecular complexity index is 1450. The molecule has 4 aromatic rings. The molecule has 8 nitrogen and oxygen atoms in total. The Labute approximate surface area is 191 Å². The van der Waals surface area contributed by atoms with Gasteiger partial charge in [0.1, 0.15) is 5.75 Å². The molecule has 1 atom stereocenters. The third-order valence-electron chi connectivity index (χ3n) is 6.29. The summed E-state index contributed by atoms with van der Waals surface area (Å²) >= 11 is 0. The van der Waals surface area contributed by atoms with Gasteiger partial charge in [-0.3, -0.25) is 13.9 Å². The fourth-order valence-electron chi connectivity index (χ4n) is 4.50. The number of nitrogens with zero attached hydrogens (tertiary/aromatic N) is 5. The summed E-state index contributed by atoms with van der Waals surface area (Å²) < 4.78 is 10.0. The van der Waals surface area contributed by atoms with Gasteiger partial charge in [0.15, 0.2) is 11.2 Å². The number of aryl methyl sites for hydroxylation is 2. The highest BCUT2D eigenvalue weighted by Gasteiger charge is 2.29. The second-order valence-electron chi connectivity index (χ2n) is 8.83. The maximum atomic E-state index is 13.6. The van der Waals surface area contributed by atoms with Crippen LogP contribution < -0.4 is 20.9 Å². The molecule has 0 radical (unpaired) electrons. The number of imidazole rings is 1. The fraction of sp³-hybridized carbons (Fsp3) is 0.320. The number of methoxy groups -OCH3 is 1. The van der Waals surface area contributed by atoms with Crippen LogP contribution in [0.2, 0.25) is 0 Å². The van der Waals surface area contributed by atoms with E-state index in [1.807, 2.05) is 60.0 Å². The van der Waals surface area contributed by atoms with Crippen molar-refractivity contribution in [2.45, 2.75) is 26.9 Å². The fourth-order valence-corrected chi connectivity index (χ4v) is 4.50. The molecule has 33 heavy (non-hydrogen) atoms. The van der Waals surface area contributed by atoms with Gasteiger partial charge in [-0.05, 0) is 42.7 Å². The average Bonchev–Trinajstić information content (AvgIpc) is 3.21. The van der Waals surface area contributed by atoms with Crippen molar-refractivity contribution in [1.29, 1.82) is 0 Å². The number of hydrogen-bond acceptors (Lipinski definition) is 5. The number of rotatable bonds is 4. The first kappa shape index (κ1) is 21.1. The molecule has 0 N–H and O–H groups in total. The summed E-state index contributed by atoms with van der Waals surface area (Å²) in [5.74, 6) is 1.74. The van der Waals surface area contributed by atoms with Crippen LogP contribution in [0.3, 0.4) is 0 Å². The smallest absolute Gasteiger partial charge is 0.332 e. The first-order valence-corrected chi connectivity index (χ1v) is 11.0. The van der Waals surface area contributed by atoms with Gasteiger partial charge in [0.2, 0.25) is 5.95 Å². The van der Waals surface area contributed by atoms with Gasteiger partial charge in [-0.25, -0.2) is 4.79 Å². The number of hydrogen-bond donors (Lipinski definition) is 0. The molecule has 1 unspecified atom stereocenters. The number of anilines is 2. The molecule has 0 spiro atoms. The Balaban J connectivity index is 1.68. The molecule has 0 aliphatic carbocycles. The zero-order valence-corrected chi connectivity index (χ0v) is 19.3. The van der Waals surface area contributed by atoms with Crippen molar-refractivity contribution in [3.8, 4) is 5.75 Å². The summed E-state index contributed by atoms with van der Waals surface area (Å²) in [6.45, 7) is 5.81. The van der Waals surface area contributed by atoms with E-state index in [4.69, 9.17) is 9.72 Å². The van der Waals surface area contributed by atoms with Gasteiger partial charge in [0, 0.05) is 25.8 Å². The third kappa shape index (κ3) is 3.51. The van der Waals surface area contributed by atoms with Crippen molar-refractivity contribution in [3.05, 3.63) is 80.5 Å². The van der Waals surface area contributed by atoms with Crippen molar-refractivity contribution >= 4 is 22.8 Å². The lowest BCUT2D eigenvalue weighted by atomic mass is 10.1. The lowest BCUT2D eigenvalue weighted by Gasteiger charge is -2.33. The highest BCUT2D eigenvalue weighted by molar-refractivity contribution is 5.77. The van der Waals surface area contributed by atoms with Gasteiger partial charge in [-0.2, -0.15) is 4.98 Å². The van der Waals surface area contributed by atoms with Crippen LogP contribution in [0, 0.1) is 12.8 Å². The Morgan fingerprint density at radius 3 is 2.39 bits per heavy atom. The number of aromatic nitrogens is 4. The molecule has 5 rings (SSSR count). The molecule has 2 aromatic carbocycles. The van der Waals surface area contributed by atoms with Gasteiger partial charge in [0.25, 0.3) is 5.56 Å². The van der Waals surface area contributed by atoms with Crippen molar-refractivity contribution in [3.63, 3.8) is 0 Å². The maximum Gasteiger partial charge on any atom is 0.332 e. The Morgan fingerprint density at radius 1 is 1.03 bits per heavy atom. The minimum Gasteiger partial charge on any atom is -0.497 e. The highest BCUT2D eigenvalue weighted by Crippen LogP contribution is 2.33. The van der Waals surface area contributed by atoms with Crippen LogP contribution in [0.25, 0.3) is 11.2 Å². The van der Waals surface area contributed by atoms with Crippen molar-refractivity contribution < 1.29 is 4.74 Å². The van der Waals surface area contributed by atoms with Crippen LogP contribution in [0.5, 0.6) is 5.75 Å². The summed E-state index contributed by atoms with van der Waals surface area (Å²) in [7, 11) is 3.31. The van der Waals surface area contributed by atoms with Gasteiger partial charge in [-0.1, -0.05) is 36.8 Å². The standard InChI is InChI=1S/C25H27N5O3/c1-16-5-7-18(8-6-16)15-30-23(31)21-22(27(3)25(30)32)26-24-28(13-17(2)14-29(21)24)19-9-11-20(33-4)12-10-19/h5-12,17H,13-15H2,1-4H3. The van der Waals surface area contributed by atoms with Crippen LogP contribution >= 0.6 is 0 Å². The molecule has 0 bridgehead atoms. The van der Waals surface area contributed by atoms with Crippen LogP contribution in [0.15, 0.2) is 58.1 Å². The van der Waals surface area contributed by atoms with Gasteiger partial charge in [0.05, 0.1) is 13.7 Å². The third-order valence-corrected chi connectivity index (χ3v) is 6.29. The Hall–Kier alpha value is -3.81. The Morgan fingerprint density at radius 2 is 1.73 bits per heavy atom. The molecular weight excluding hydrogens is 418 g/mol. The second kappa shape index (κ2) is 7.95. The number of benzene rings is 2. The summed E-state index contributed by atoms with van der Waals surface area (Å²) in [5, 5.41) is 0. The summed E-state index contributed by atoms with van der Waals surface area (Å²) in [6, 6.07) is 15.6. The monoisotopic (exact) mass is 445 g/mol. The second-order valence-corrected chi connectivity index (χ2v) is 8.83. The van der Waals surface area contributed by atoms with Crippen LogP contribution in [-0.4, -0.2) is 32.3 Å². The molecule has 1 aliphatic heterocycles. The number of ether oxygens (including phenoxy) is 1. The number of fused-ring (bicyclic) bond motifs is 3. The van der Waals surface area contributed by atoms with Crippen molar-refractivity contribution in [2.24, 2.45) is 13.0 Å². The maximum absolute atomic E-state index is 13.6. The van der Waals surface area contributed by atoms with E-state index in [0.29, 0.717) is 29.6 Å². The minimum absolute atomic E-state index is 0.222. The predicted molar refractivity (Wildman–Crippen MR) is 129 cm³/mol. The van der Waals surface area contributed by atoms with Gasteiger partial charge in [-0.15, -0.1) is 0 Å².